The van der Waals surface area contributed by atoms with Crippen LogP contribution in [0.5, 0.6) is 0 Å². The van der Waals surface area contributed by atoms with Gasteiger partial charge in [0.25, 0.3) is 0 Å². The van der Waals surface area contributed by atoms with Crippen LogP contribution in [-0.2, 0) is 22.6 Å². The van der Waals surface area contributed by atoms with Gasteiger partial charge in [0.15, 0.2) is 0 Å². The van der Waals surface area contributed by atoms with Crippen molar-refractivity contribution < 1.29 is 9.59 Å². The van der Waals surface area contributed by atoms with Crippen LogP contribution in [0, 0.1) is 6.92 Å². The highest BCUT2D eigenvalue weighted by Crippen LogP contribution is 2.22. The maximum absolute atomic E-state index is 13.3. The average molecular weight is 441 g/mol. The number of nitrogens with one attached hydrogen (secondary N) is 1. The van der Waals surface area contributed by atoms with Crippen LogP contribution in [0.4, 0.5) is 0 Å². The molecule has 1 fully saturated rings. The lowest BCUT2D eigenvalue weighted by Gasteiger charge is -2.32. The fraction of sp³-hybridized carbons (Fsp3) is 0.462. The lowest BCUT2D eigenvalue weighted by Crippen LogP contribution is -2.51. The molecule has 1 aliphatic carbocycles. The number of carbonyl (C=O) groups excluding carboxylic acids is 2. The number of amides is 2. The summed E-state index contributed by atoms with van der Waals surface area (Å²) in [6.45, 7) is 4.35. The van der Waals surface area contributed by atoms with Gasteiger partial charge in [0, 0.05) is 24.0 Å². The van der Waals surface area contributed by atoms with E-state index in [9.17, 15) is 9.59 Å². The number of hydrogen-bond donors (Lipinski definition) is 1. The van der Waals surface area contributed by atoms with Gasteiger partial charge in [0.2, 0.25) is 11.8 Å². The third-order valence-electron chi connectivity index (χ3n) is 6.13. The predicted octanol–water partition coefficient (Wildman–Crippen LogP) is 5.45. The monoisotopic (exact) mass is 440 g/mol. The van der Waals surface area contributed by atoms with Crippen molar-refractivity contribution in [3.8, 4) is 0 Å². The molecule has 2 aromatic carbocycles. The van der Waals surface area contributed by atoms with E-state index in [0.717, 1.165) is 36.8 Å². The van der Waals surface area contributed by atoms with Gasteiger partial charge >= 0.3 is 0 Å². The van der Waals surface area contributed by atoms with E-state index < -0.39 is 6.04 Å². The van der Waals surface area contributed by atoms with Gasteiger partial charge < -0.3 is 10.2 Å². The van der Waals surface area contributed by atoms with Crippen molar-refractivity contribution in [1.82, 2.24) is 10.2 Å². The highest BCUT2D eigenvalue weighted by molar-refractivity contribution is 6.31. The number of benzene rings is 2. The molecule has 1 atom stereocenters. The Morgan fingerprint density at radius 1 is 1.10 bits per heavy atom. The van der Waals surface area contributed by atoms with E-state index in [1.54, 1.807) is 4.90 Å². The third-order valence-corrected chi connectivity index (χ3v) is 6.50. The van der Waals surface area contributed by atoms with Crippen LogP contribution in [0.2, 0.25) is 5.02 Å². The lowest BCUT2D eigenvalue weighted by atomic mass is 10.0. The summed E-state index contributed by atoms with van der Waals surface area (Å²) in [6.07, 6.45) is 5.93. The third kappa shape index (κ3) is 6.57. The van der Waals surface area contributed by atoms with Gasteiger partial charge in [-0.1, -0.05) is 79.4 Å². The molecule has 0 aliphatic heterocycles. The summed E-state index contributed by atoms with van der Waals surface area (Å²) in [5, 5.41) is 3.80. The van der Waals surface area contributed by atoms with Crippen LogP contribution >= 0.6 is 11.6 Å². The molecule has 2 amide bonds. The quantitative estimate of drug-likeness (QED) is 0.563. The van der Waals surface area contributed by atoms with Crippen LogP contribution in [0.1, 0.15) is 62.1 Å². The summed E-state index contributed by atoms with van der Waals surface area (Å²) < 4.78 is 0. The summed E-state index contributed by atoms with van der Waals surface area (Å²) in [5.74, 6) is -0.0703. The molecule has 1 N–H and O–H groups in total. The summed E-state index contributed by atoms with van der Waals surface area (Å²) in [5.41, 5.74) is 3.19. The Morgan fingerprint density at radius 2 is 1.77 bits per heavy atom. The molecule has 4 nitrogen and oxygen atoms in total. The molecule has 0 bridgehead atoms. The highest BCUT2D eigenvalue weighted by Gasteiger charge is 2.30. The van der Waals surface area contributed by atoms with Gasteiger partial charge in [-0.2, -0.15) is 0 Å². The van der Waals surface area contributed by atoms with E-state index in [-0.39, 0.29) is 17.9 Å². The zero-order valence-electron chi connectivity index (χ0n) is 18.6. The Morgan fingerprint density at radius 3 is 2.42 bits per heavy atom. The average Bonchev–Trinajstić information content (AvgIpc) is 3.27. The standard InChI is InChI=1S/C26H33ClN2O2/c1-3-24(26(31)28-22-9-5-6-10-22)29(18-21-8-4-7-11-23(21)27)25(30)17-16-20-14-12-19(2)13-15-20/h4,7-8,11-15,22,24H,3,5-6,9-10,16-18H2,1-2H3,(H,28,31). The highest BCUT2D eigenvalue weighted by atomic mass is 35.5. The van der Waals surface area contributed by atoms with E-state index in [2.05, 4.69) is 36.5 Å². The molecular formula is C26H33ClN2O2. The minimum Gasteiger partial charge on any atom is -0.352 e. The molecule has 31 heavy (non-hydrogen) atoms. The molecule has 1 aliphatic rings. The van der Waals surface area contributed by atoms with Crippen molar-refractivity contribution >= 4 is 23.4 Å². The van der Waals surface area contributed by atoms with Gasteiger partial charge in [0.05, 0.1) is 0 Å². The van der Waals surface area contributed by atoms with Gasteiger partial charge in [-0.05, 0) is 49.8 Å². The Labute approximate surface area is 191 Å². The first-order valence-corrected chi connectivity index (χ1v) is 11.7. The van der Waals surface area contributed by atoms with Crippen LogP contribution in [0.3, 0.4) is 0 Å². The van der Waals surface area contributed by atoms with Crippen LogP contribution < -0.4 is 5.32 Å². The Hall–Kier alpha value is -2.33. The van der Waals surface area contributed by atoms with Crippen LogP contribution in [-0.4, -0.2) is 28.8 Å². The van der Waals surface area contributed by atoms with E-state index in [1.165, 1.54) is 5.56 Å². The SMILES string of the molecule is CCC(C(=O)NC1CCCC1)N(Cc1ccccc1Cl)C(=O)CCc1ccc(C)cc1. The number of rotatable bonds is 9. The molecule has 2 aromatic rings. The minimum absolute atomic E-state index is 0.0195. The van der Waals surface area contributed by atoms with E-state index in [4.69, 9.17) is 11.6 Å². The minimum atomic E-state index is -0.498. The van der Waals surface area contributed by atoms with Crippen molar-refractivity contribution in [2.75, 3.05) is 0 Å². The molecule has 166 valence electrons. The maximum Gasteiger partial charge on any atom is 0.243 e. The molecule has 0 spiro atoms. The molecule has 0 heterocycles. The summed E-state index contributed by atoms with van der Waals surface area (Å²) in [7, 11) is 0. The summed E-state index contributed by atoms with van der Waals surface area (Å²) in [4.78, 5) is 28.2. The Bertz CT molecular complexity index is 875. The second kappa shape index (κ2) is 11.3. The first-order chi connectivity index (χ1) is 15.0. The Kier molecular flexibility index (Phi) is 8.53. The number of hydrogen-bond acceptors (Lipinski definition) is 2. The normalized spacial score (nSPS) is 14.9. The zero-order valence-corrected chi connectivity index (χ0v) is 19.3. The number of nitrogens with zero attached hydrogens (tertiary/aromatic N) is 1. The van der Waals surface area contributed by atoms with Gasteiger partial charge in [-0.25, -0.2) is 0 Å². The molecule has 0 saturated heterocycles. The van der Waals surface area contributed by atoms with Gasteiger partial charge in [0.1, 0.15) is 6.04 Å². The molecule has 0 aromatic heterocycles. The summed E-state index contributed by atoms with van der Waals surface area (Å²) >= 11 is 6.39. The molecule has 5 heteroatoms. The Balaban J connectivity index is 1.76. The molecule has 3 rings (SSSR count). The fourth-order valence-corrected chi connectivity index (χ4v) is 4.44. The fourth-order valence-electron chi connectivity index (χ4n) is 4.25. The lowest BCUT2D eigenvalue weighted by molar-refractivity contribution is -0.141. The smallest absolute Gasteiger partial charge is 0.243 e. The van der Waals surface area contributed by atoms with Gasteiger partial charge in [-0.15, -0.1) is 0 Å². The van der Waals surface area contributed by atoms with E-state index >= 15 is 0 Å². The second-order valence-corrected chi connectivity index (χ2v) is 8.92. The second-order valence-electron chi connectivity index (χ2n) is 8.51. The first kappa shape index (κ1) is 23.3. The molecule has 1 saturated carbocycles. The van der Waals surface area contributed by atoms with E-state index in [1.807, 2.05) is 31.2 Å². The van der Waals surface area contributed by atoms with E-state index in [0.29, 0.717) is 30.8 Å². The first-order valence-electron chi connectivity index (χ1n) is 11.4. The molecule has 0 radical (unpaired) electrons. The van der Waals surface area contributed by atoms with Crippen molar-refractivity contribution in [3.63, 3.8) is 0 Å². The predicted molar refractivity (Wildman–Crippen MR) is 126 cm³/mol. The summed E-state index contributed by atoms with van der Waals surface area (Å²) in [6, 6.07) is 15.5. The largest absolute Gasteiger partial charge is 0.352 e. The van der Waals surface area contributed by atoms with Gasteiger partial charge in [-0.3, -0.25) is 9.59 Å². The van der Waals surface area contributed by atoms with Crippen molar-refractivity contribution in [2.45, 2.75) is 77.4 Å². The number of aryl methyl sites for hydroxylation is 2. The number of halogens is 1. The molecule has 1 unspecified atom stereocenters. The maximum atomic E-state index is 13.3. The van der Waals surface area contributed by atoms with Crippen LogP contribution in [0.15, 0.2) is 48.5 Å². The molecular weight excluding hydrogens is 408 g/mol. The zero-order chi connectivity index (χ0) is 22.2. The topological polar surface area (TPSA) is 49.4 Å². The van der Waals surface area contributed by atoms with Crippen molar-refractivity contribution in [1.29, 1.82) is 0 Å². The van der Waals surface area contributed by atoms with Crippen molar-refractivity contribution in [2.24, 2.45) is 0 Å². The number of carbonyl (C=O) groups is 2. The van der Waals surface area contributed by atoms with Crippen molar-refractivity contribution in [3.05, 3.63) is 70.2 Å². The van der Waals surface area contributed by atoms with Crippen LogP contribution in [0.25, 0.3) is 0 Å².